The Hall–Kier alpha value is -3.26. The fourth-order valence-corrected chi connectivity index (χ4v) is 4.67. The van der Waals surface area contributed by atoms with Gasteiger partial charge < -0.3 is 25.4 Å². The number of unbranched alkanes of at least 4 members (excludes halogenated alkanes) is 1. The van der Waals surface area contributed by atoms with Crippen LogP contribution in [-0.4, -0.2) is 88.8 Å². The molecule has 3 rings (SSSR count). The van der Waals surface area contributed by atoms with Crippen LogP contribution in [0, 0.1) is 6.92 Å². The Morgan fingerprint density at radius 2 is 2.05 bits per heavy atom. The number of carbonyl (C=O) groups excluding carboxylic acids is 1. The molecule has 0 spiro atoms. The number of nitrogens with zero attached hydrogens (tertiary/aromatic N) is 4. The van der Waals surface area contributed by atoms with Crippen LogP contribution < -0.4 is 10.6 Å². The summed E-state index contributed by atoms with van der Waals surface area (Å²) in [5, 5.41) is 18.8. The van der Waals surface area contributed by atoms with Crippen LogP contribution in [0.5, 0.6) is 0 Å². The van der Waals surface area contributed by atoms with Gasteiger partial charge in [-0.15, -0.1) is 0 Å². The summed E-state index contributed by atoms with van der Waals surface area (Å²) in [7, 11) is 1.40. The minimum Gasteiger partial charge on any atom is -0.480 e. The van der Waals surface area contributed by atoms with E-state index in [1.54, 1.807) is 0 Å². The molecule has 2 aromatic heterocycles. The fraction of sp³-hybridized carbons (Fsp3) is 0.630. The molecule has 3 N–H and O–H groups in total. The molecule has 2 aromatic rings. The highest BCUT2D eigenvalue weighted by molar-refractivity contribution is 5.83. The molecule has 0 saturated heterocycles. The second kappa shape index (κ2) is 15.1. The van der Waals surface area contributed by atoms with E-state index in [1.165, 1.54) is 19.6 Å². The summed E-state index contributed by atoms with van der Waals surface area (Å²) < 4.78 is 58.2. The summed E-state index contributed by atoms with van der Waals surface area (Å²) in [6.45, 7) is 2.04. The number of aliphatic carboxylic acids is 1. The molecule has 0 radical (unpaired) electrons. The van der Waals surface area contributed by atoms with Gasteiger partial charge in [0.05, 0.1) is 6.10 Å². The summed E-state index contributed by atoms with van der Waals surface area (Å²) >= 11 is 0. The predicted molar refractivity (Wildman–Crippen MR) is 143 cm³/mol. The van der Waals surface area contributed by atoms with Crippen molar-refractivity contribution >= 4 is 17.7 Å². The van der Waals surface area contributed by atoms with Gasteiger partial charge >= 0.3 is 12.1 Å². The molecule has 1 amide bonds. The molecule has 10 nitrogen and oxygen atoms in total. The minimum absolute atomic E-state index is 0.00767. The van der Waals surface area contributed by atoms with Gasteiger partial charge in [0.2, 0.25) is 5.91 Å². The molecule has 0 saturated carbocycles. The zero-order valence-corrected chi connectivity index (χ0v) is 23.3. The van der Waals surface area contributed by atoms with E-state index in [0.29, 0.717) is 6.54 Å². The number of methoxy groups -OCH3 is 1. The molecule has 0 aliphatic carbocycles. The number of anilines is 1. The van der Waals surface area contributed by atoms with Crippen molar-refractivity contribution in [3.8, 4) is 0 Å². The maximum absolute atomic E-state index is 13.4. The normalized spacial score (nSPS) is 14.8. The molecule has 0 bridgehead atoms. The number of pyridine rings is 1. The third-order valence-corrected chi connectivity index (χ3v) is 7.01. The molecule has 14 heteroatoms. The molecule has 1 aliphatic heterocycles. The molecule has 0 fully saturated rings. The van der Waals surface area contributed by atoms with E-state index >= 15 is 0 Å². The number of carbonyl (C=O) groups is 2. The number of alkyl halides is 4. The number of carboxylic acid groups (broad SMARTS) is 1. The number of aryl methyl sites for hydroxylation is 3. The van der Waals surface area contributed by atoms with Gasteiger partial charge in [-0.1, -0.05) is 6.07 Å². The molecule has 41 heavy (non-hydrogen) atoms. The highest BCUT2D eigenvalue weighted by Crippen LogP contribution is 2.28. The number of carboxylic acids is 1. The van der Waals surface area contributed by atoms with E-state index < -0.39 is 49.1 Å². The molecule has 0 aromatic carbocycles. The smallest absolute Gasteiger partial charge is 0.435 e. The third kappa shape index (κ3) is 9.95. The predicted octanol–water partition coefficient (Wildman–Crippen LogP) is 3.23. The van der Waals surface area contributed by atoms with Crippen molar-refractivity contribution in [2.45, 2.75) is 70.3 Å². The first kappa shape index (κ1) is 32.3. The Bertz CT molecular complexity index is 1160. The molecular weight excluding hydrogens is 548 g/mol. The van der Waals surface area contributed by atoms with Crippen LogP contribution in [0.2, 0.25) is 0 Å². The monoisotopic (exact) mass is 586 g/mol. The summed E-state index contributed by atoms with van der Waals surface area (Å²) in [4.78, 5) is 30.9. The fourth-order valence-electron chi connectivity index (χ4n) is 4.67. The first-order valence-electron chi connectivity index (χ1n) is 13.7. The number of halogens is 4. The number of fused-ring (bicyclic) bond motifs is 1. The van der Waals surface area contributed by atoms with Crippen molar-refractivity contribution < 1.29 is 37.0 Å². The van der Waals surface area contributed by atoms with Gasteiger partial charge in [0.1, 0.15) is 25.1 Å². The maximum atomic E-state index is 13.4. The minimum atomic E-state index is -4.66. The number of amides is 1. The Labute approximate surface area is 236 Å². The zero-order valence-electron chi connectivity index (χ0n) is 23.3. The number of hydrogen-bond donors (Lipinski definition) is 3. The van der Waals surface area contributed by atoms with E-state index in [0.717, 1.165) is 60.9 Å². The quantitative estimate of drug-likeness (QED) is 0.203. The summed E-state index contributed by atoms with van der Waals surface area (Å²) in [6.07, 6.45) is -0.912. The number of ether oxygens (including phenoxy) is 1. The second-order valence-corrected chi connectivity index (χ2v) is 10.2. The topological polar surface area (TPSA) is 122 Å². The molecule has 2 unspecified atom stereocenters. The van der Waals surface area contributed by atoms with E-state index in [2.05, 4.69) is 21.8 Å². The Morgan fingerprint density at radius 3 is 2.71 bits per heavy atom. The standard InChI is InChI=1S/C27H38F4N6O4/c1-18-14-23(27(29,30)31)35-37(18)17-24(38)34-22(26(39)40)10-13-36(16-21(15-28)41-2)12-4-3-7-20-9-8-19-6-5-11-32-25(19)33-20/h8-9,14,21-22H,3-7,10-13,15-17H2,1-2H3,(H,32,33)(H,34,38)(H,39,40). The van der Waals surface area contributed by atoms with Crippen LogP contribution in [0.4, 0.5) is 23.4 Å². The first-order chi connectivity index (χ1) is 19.5. The maximum Gasteiger partial charge on any atom is 0.435 e. The van der Waals surface area contributed by atoms with Crippen LogP contribution in [0.3, 0.4) is 0 Å². The van der Waals surface area contributed by atoms with Gasteiger partial charge in [0.25, 0.3) is 0 Å². The number of nitrogens with one attached hydrogen (secondary N) is 2. The molecule has 1 aliphatic rings. The summed E-state index contributed by atoms with van der Waals surface area (Å²) in [5.41, 5.74) is 1.18. The van der Waals surface area contributed by atoms with Crippen LogP contribution in [0.15, 0.2) is 18.2 Å². The second-order valence-electron chi connectivity index (χ2n) is 10.2. The van der Waals surface area contributed by atoms with Crippen LogP contribution >= 0.6 is 0 Å². The van der Waals surface area contributed by atoms with Crippen molar-refractivity contribution in [1.29, 1.82) is 0 Å². The van der Waals surface area contributed by atoms with E-state index in [-0.39, 0.29) is 25.2 Å². The summed E-state index contributed by atoms with van der Waals surface area (Å²) in [6, 6.07) is 3.66. The van der Waals surface area contributed by atoms with Crippen molar-refractivity contribution in [2.24, 2.45) is 0 Å². The average Bonchev–Trinajstić information content (AvgIpc) is 3.31. The van der Waals surface area contributed by atoms with Crippen LogP contribution in [-0.2, 0) is 39.9 Å². The van der Waals surface area contributed by atoms with Gasteiger partial charge in [0, 0.05) is 38.1 Å². The van der Waals surface area contributed by atoms with E-state index in [1.807, 2.05) is 11.0 Å². The number of rotatable bonds is 16. The molecule has 3 heterocycles. The lowest BCUT2D eigenvalue weighted by Crippen LogP contribution is -2.45. The van der Waals surface area contributed by atoms with Crippen molar-refractivity contribution in [2.75, 3.05) is 45.3 Å². The van der Waals surface area contributed by atoms with Crippen LogP contribution in [0.1, 0.15) is 48.3 Å². The van der Waals surface area contributed by atoms with Gasteiger partial charge in [-0.05, 0) is 69.7 Å². The van der Waals surface area contributed by atoms with E-state index in [4.69, 9.17) is 9.72 Å². The van der Waals surface area contributed by atoms with Crippen molar-refractivity contribution in [1.82, 2.24) is 25.0 Å². The highest BCUT2D eigenvalue weighted by Gasteiger charge is 2.34. The van der Waals surface area contributed by atoms with Crippen molar-refractivity contribution in [3.05, 3.63) is 40.8 Å². The van der Waals surface area contributed by atoms with Crippen LogP contribution in [0.25, 0.3) is 0 Å². The average molecular weight is 587 g/mol. The largest absolute Gasteiger partial charge is 0.480 e. The molecule has 228 valence electrons. The zero-order chi connectivity index (χ0) is 30.0. The lowest BCUT2D eigenvalue weighted by molar-refractivity contribution is -0.142. The van der Waals surface area contributed by atoms with Gasteiger partial charge in [-0.2, -0.15) is 18.3 Å². The molecular formula is C27H38F4N6O4. The van der Waals surface area contributed by atoms with Crippen molar-refractivity contribution in [3.63, 3.8) is 0 Å². The highest BCUT2D eigenvalue weighted by atomic mass is 19.4. The lowest BCUT2D eigenvalue weighted by atomic mass is 10.1. The number of hydrogen-bond acceptors (Lipinski definition) is 7. The van der Waals surface area contributed by atoms with Gasteiger partial charge in [-0.25, -0.2) is 14.2 Å². The first-order valence-corrected chi connectivity index (χ1v) is 13.7. The van der Waals surface area contributed by atoms with E-state index in [9.17, 15) is 32.3 Å². The number of aromatic nitrogens is 3. The van der Waals surface area contributed by atoms with Gasteiger partial charge in [-0.3, -0.25) is 9.48 Å². The Balaban J connectivity index is 1.53. The third-order valence-electron chi connectivity index (χ3n) is 7.01. The SMILES string of the molecule is COC(CF)CN(CCCCc1ccc2c(n1)NCCC2)CCC(NC(=O)Cn1nc(C(F)(F)F)cc1C)C(=O)O. The Kier molecular flexibility index (Phi) is 11.9. The lowest BCUT2D eigenvalue weighted by Gasteiger charge is -2.27. The Morgan fingerprint density at radius 1 is 1.27 bits per heavy atom. The molecule has 2 atom stereocenters. The summed E-state index contributed by atoms with van der Waals surface area (Å²) in [5.74, 6) is -1.13. The van der Waals surface area contributed by atoms with Gasteiger partial charge in [0.15, 0.2) is 5.69 Å².